The lowest BCUT2D eigenvalue weighted by Crippen LogP contribution is -2.52. The maximum Gasteiger partial charge on any atom is 0.325 e. The van der Waals surface area contributed by atoms with E-state index >= 15 is 0 Å². The third-order valence-corrected chi connectivity index (χ3v) is 11.0. The molecule has 5 aromatic carbocycles. The number of esters is 1. The summed E-state index contributed by atoms with van der Waals surface area (Å²) in [7, 11) is 0. The summed E-state index contributed by atoms with van der Waals surface area (Å²) >= 11 is 0. The van der Waals surface area contributed by atoms with E-state index in [1.165, 1.54) is 0 Å². The standard InChI is InChI=1S/C44H35N5O7/c50-24-25-55-31-20-18-30(19-21-31)40-44(32-26-27(17-22-33(32)45-43(44)54)10-9-23-48-35-16-8-7-15-34(35)46-47-48)36(41(51)52)38-42(53)56-39(29-13-5-2-6-14-29)37(49(38)40)28-11-3-1-4-12-28/h1-8,11-22,26,36-40,50H,23-25H2,(H,45,54)(H,51,52). The average molecular weight is 746 g/mol. The van der Waals surface area contributed by atoms with Crippen molar-refractivity contribution in [2.24, 2.45) is 5.92 Å². The minimum absolute atomic E-state index is 0.0788. The molecule has 12 heteroatoms. The molecule has 12 nitrogen and oxygen atoms in total. The van der Waals surface area contributed by atoms with Crippen LogP contribution in [0.25, 0.3) is 11.0 Å². The van der Waals surface area contributed by atoms with Crippen LogP contribution in [-0.2, 0) is 31.1 Å². The zero-order valence-corrected chi connectivity index (χ0v) is 29.9. The number of aliphatic hydroxyl groups is 1. The Morgan fingerprint density at radius 1 is 0.857 bits per heavy atom. The second kappa shape index (κ2) is 14.1. The lowest BCUT2D eigenvalue weighted by atomic mass is 9.65. The molecule has 1 aromatic heterocycles. The monoisotopic (exact) mass is 745 g/mol. The van der Waals surface area contributed by atoms with E-state index in [0.29, 0.717) is 28.1 Å². The number of nitrogens with zero attached hydrogens (tertiary/aromatic N) is 4. The van der Waals surface area contributed by atoms with Crippen LogP contribution in [0.15, 0.2) is 127 Å². The first kappa shape index (κ1) is 34.9. The van der Waals surface area contributed by atoms with Gasteiger partial charge < -0.3 is 25.0 Å². The number of amides is 1. The van der Waals surface area contributed by atoms with Crippen molar-refractivity contribution in [1.29, 1.82) is 0 Å². The van der Waals surface area contributed by atoms with Gasteiger partial charge in [0.2, 0.25) is 5.91 Å². The molecule has 278 valence electrons. The summed E-state index contributed by atoms with van der Waals surface area (Å²) in [6, 6.07) is 35.7. The number of hydrogen-bond acceptors (Lipinski definition) is 9. The molecular formula is C44H35N5O7. The van der Waals surface area contributed by atoms with Gasteiger partial charge in [0.15, 0.2) is 0 Å². The molecule has 6 aromatic rings. The Bertz CT molecular complexity index is 2530. The number of anilines is 1. The van der Waals surface area contributed by atoms with E-state index < -0.39 is 53.4 Å². The lowest BCUT2D eigenvalue weighted by Gasteiger charge is -2.46. The Labute approximate surface area is 321 Å². The van der Waals surface area contributed by atoms with E-state index in [9.17, 15) is 24.6 Å². The Morgan fingerprint density at radius 2 is 1.57 bits per heavy atom. The first-order valence-electron chi connectivity index (χ1n) is 18.3. The molecule has 6 unspecified atom stereocenters. The van der Waals surface area contributed by atoms with E-state index in [1.807, 2.05) is 89.8 Å². The SMILES string of the molecule is O=C1OC(c2ccccc2)C(c2ccccc2)N2C1C(C(=O)O)C1(C(=O)Nc3ccc(C#CCn4nnc5ccccc54)cc31)C2c1ccc(OCCO)cc1. The quantitative estimate of drug-likeness (QED) is 0.140. The molecule has 9 rings (SSSR count). The Morgan fingerprint density at radius 3 is 2.30 bits per heavy atom. The molecule has 2 saturated heterocycles. The number of carboxylic acid groups (broad SMARTS) is 1. The van der Waals surface area contributed by atoms with E-state index in [4.69, 9.17) is 9.47 Å². The fourth-order valence-corrected chi connectivity index (χ4v) is 8.81. The Balaban J connectivity index is 1.24. The molecule has 3 aliphatic rings. The van der Waals surface area contributed by atoms with Crippen molar-refractivity contribution >= 4 is 34.6 Å². The highest BCUT2D eigenvalue weighted by molar-refractivity contribution is 6.11. The molecule has 3 N–H and O–H groups in total. The van der Waals surface area contributed by atoms with E-state index in [0.717, 1.165) is 22.2 Å². The van der Waals surface area contributed by atoms with Crippen molar-refractivity contribution in [1.82, 2.24) is 19.9 Å². The highest BCUT2D eigenvalue weighted by Crippen LogP contribution is 2.64. The van der Waals surface area contributed by atoms with Crippen LogP contribution in [0.3, 0.4) is 0 Å². The van der Waals surface area contributed by atoms with Crippen molar-refractivity contribution in [2.45, 2.75) is 36.2 Å². The predicted octanol–water partition coefficient (Wildman–Crippen LogP) is 5.21. The minimum atomic E-state index is -1.82. The molecule has 1 spiro atoms. The number of carbonyl (C=O) groups excluding carboxylic acids is 2. The van der Waals surface area contributed by atoms with Gasteiger partial charge in [0, 0.05) is 11.3 Å². The molecule has 0 saturated carbocycles. The fourth-order valence-electron chi connectivity index (χ4n) is 8.81. The van der Waals surface area contributed by atoms with Gasteiger partial charge in [-0.2, -0.15) is 0 Å². The second-order valence-electron chi connectivity index (χ2n) is 14.0. The van der Waals surface area contributed by atoms with Gasteiger partial charge in [-0.15, -0.1) is 5.10 Å². The number of aromatic nitrogens is 3. The molecule has 3 aliphatic heterocycles. The summed E-state index contributed by atoms with van der Waals surface area (Å²) in [6.45, 7) is 0.143. The highest BCUT2D eigenvalue weighted by Gasteiger charge is 2.74. The summed E-state index contributed by atoms with van der Waals surface area (Å²) in [4.78, 5) is 45.2. The summed E-state index contributed by atoms with van der Waals surface area (Å²) in [5.41, 5.74) is 3.26. The normalized spacial score (nSPS) is 23.8. The summed E-state index contributed by atoms with van der Waals surface area (Å²) in [5, 5.41) is 32.1. The number of ether oxygens (including phenoxy) is 2. The second-order valence-corrected chi connectivity index (χ2v) is 14.0. The van der Waals surface area contributed by atoms with E-state index in [-0.39, 0.29) is 19.8 Å². The third kappa shape index (κ3) is 5.59. The molecule has 0 radical (unpaired) electrons. The number of para-hydroxylation sites is 1. The highest BCUT2D eigenvalue weighted by atomic mass is 16.6. The maximum absolute atomic E-state index is 15.0. The number of fused-ring (bicyclic) bond motifs is 4. The van der Waals surface area contributed by atoms with Crippen molar-refractivity contribution in [3.8, 4) is 17.6 Å². The number of benzene rings is 5. The molecular weight excluding hydrogens is 711 g/mol. The summed E-state index contributed by atoms with van der Waals surface area (Å²) in [5.74, 6) is 2.67. The van der Waals surface area contributed by atoms with Crippen molar-refractivity contribution in [3.05, 3.63) is 155 Å². The first-order valence-corrected chi connectivity index (χ1v) is 18.3. The lowest BCUT2D eigenvalue weighted by molar-refractivity contribution is -0.179. The number of rotatable bonds is 8. The number of carboxylic acids is 1. The van der Waals surface area contributed by atoms with Gasteiger partial charge in [-0.25, -0.2) is 4.68 Å². The van der Waals surface area contributed by atoms with E-state index in [1.54, 1.807) is 47.1 Å². The largest absolute Gasteiger partial charge is 0.491 e. The molecule has 56 heavy (non-hydrogen) atoms. The molecule has 6 atom stereocenters. The molecule has 1 amide bonds. The summed E-state index contributed by atoms with van der Waals surface area (Å²) < 4.78 is 13.7. The number of carbonyl (C=O) groups is 3. The third-order valence-electron chi connectivity index (χ3n) is 11.0. The number of nitrogens with one attached hydrogen (secondary N) is 1. The van der Waals surface area contributed by atoms with Gasteiger partial charge in [-0.3, -0.25) is 19.3 Å². The van der Waals surface area contributed by atoms with Crippen LogP contribution in [0, 0.1) is 17.8 Å². The number of cyclic esters (lactones) is 1. The van der Waals surface area contributed by atoms with Crippen LogP contribution in [0.1, 0.15) is 46.0 Å². The van der Waals surface area contributed by atoms with Crippen LogP contribution >= 0.6 is 0 Å². The van der Waals surface area contributed by atoms with Crippen molar-refractivity contribution in [3.63, 3.8) is 0 Å². The molecule has 0 bridgehead atoms. The molecule has 4 heterocycles. The first-order chi connectivity index (χ1) is 27.4. The van der Waals surface area contributed by atoms with Gasteiger partial charge in [-0.05, 0) is 64.7 Å². The average Bonchev–Trinajstić information content (AvgIpc) is 3.88. The van der Waals surface area contributed by atoms with Gasteiger partial charge in [-0.1, -0.05) is 102 Å². The van der Waals surface area contributed by atoms with Crippen molar-refractivity contribution in [2.75, 3.05) is 18.5 Å². The molecule has 0 aliphatic carbocycles. The van der Waals surface area contributed by atoms with Crippen LogP contribution < -0.4 is 10.1 Å². The summed E-state index contributed by atoms with van der Waals surface area (Å²) in [6.07, 6.45) is -0.837. The zero-order chi connectivity index (χ0) is 38.4. The minimum Gasteiger partial charge on any atom is -0.491 e. The predicted molar refractivity (Wildman–Crippen MR) is 204 cm³/mol. The van der Waals surface area contributed by atoms with E-state index in [2.05, 4.69) is 27.5 Å². The van der Waals surface area contributed by atoms with Gasteiger partial charge >= 0.3 is 11.9 Å². The number of aliphatic carboxylic acids is 1. The Kier molecular flexibility index (Phi) is 8.80. The topological polar surface area (TPSA) is 156 Å². The van der Waals surface area contributed by atoms with Crippen LogP contribution in [0.2, 0.25) is 0 Å². The number of morpholine rings is 1. The van der Waals surface area contributed by atoms with Gasteiger partial charge in [0.1, 0.15) is 47.9 Å². The number of hydrogen-bond donors (Lipinski definition) is 3. The van der Waals surface area contributed by atoms with Gasteiger partial charge in [0.05, 0.1) is 24.2 Å². The fraction of sp³-hybridized carbons (Fsp3) is 0.205. The Hall–Kier alpha value is -6.81. The van der Waals surface area contributed by atoms with Gasteiger partial charge in [0.25, 0.3) is 0 Å². The van der Waals surface area contributed by atoms with Crippen molar-refractivity contribution < 1.29 is 34.1 Å². The van der Waals surface area contributed by atoms with Crippen LogP contribution in [0.4, 0.5) is 5.69 Å². The zero-order valence-electron chi connectivity index (χ0n) is 29.9. The van der Waals surface area contributed by atoms with Crippen LogP contribution in [0.5, 0.6) is 5.75 Å². The van der Waals surface area contributed by atoms with Crippen LogP contribution in [-0.4, -0.2) is 67.2 Å². The number of aliphatic hydroxyl groups excluding tert-OH is 1. The molecule has 2 fully saturated rings. The maximum atomic E-state index is 15.0. The smallest absolute Gasteiger partial charge is 0.325 e.